The van der Waals surface area contributed by atoms with Crippen LogP contribution in [0.2, 0.25) is 0 Å². The lowest BCUT2D eigenvalue weighted by molar-refractivity contribution is -0.0764. The predicted molar refractivity (Wildman–Crippen MR) is 78.3 cm³/mol. The van der Waals surface area contributed by atoms with Crippen molar-refractivity contribution in [3.05, 3.63) is 35.4 Å². The highest BCUT2D eigenvalue weighted by atomic mass is 16.5. The Kier molecular flexibility index (Phi) is 4.43. The Bertz CT molecular complexity index is 538. The molecule has 0 radical (unpaired) electrons. The van der Waals surface area contributed by atoms with E-state index in [1.165, 1.54) is 0 Å². The molecule has 0 aromatic heterocycles. The molecule has 1 aliphatic rings. The number of carbonyl (C=O) groups excluding carboxylic acids is 1. The number of morpholine rings is 1. The summed E-state index contributed by atoms with van der Waals surface area (Å²) in [5.74, 6) is 5.78. The van der Waals surface area contributed by atoms with Gasteiger partial charge in [0.25, 0.3) is 5.91 Å². The van der Waals surface area contributed by atoms with Crippen LogP contribution in [0.15, 0.2) is 24.3 Å². The van der Waals surface area contributed by atoms with Crippen molar-refractivity contribution < 1.29 is 9.53 Å². The van der Waals surface area contributed by atoms with E-state index in [2.05, 4.69) is 11.8 Å². The molecule has 1 aromatic carbocycles. The minimum Gasteiger partial charge on any atom is -0.372 e. The standard InChI is InChI=1S/C16H20N2O2/c1-16(2)12-18(10-11-20-16)15(19)14-7-5-13(6-8-14)4-3-9-17/h5-8H,9-12,17H2,1-2H3. The minimum absolute atomic E-state index is 0.0414. The van der Waals surface area contributed by atoms with E-state index < -0.39 is 0 Å². The topological polar surface area (TPSA) is 55.6 Å². The first-order chi connectivity index (χ1) is 9.52. The van der Waals surface area contributed by atoms with Gasteiger partial charge in [0.2, 0.25) is 0 Å². The van der Waals surface area contributed by atoms with Crippen LogP contribution in [0.3, 0.4) is 0 Å². The van der Waals surface area contributed by atoms with Crippen molar-refractivity contribution in [3.63, 3.8) is 0 Å². The van der Waals surface area contributed by atoms with Crippen molar-refractivity contribution in [1.29, 1.82) is 0 Å². The van der Waals surface area contributed by atoms with Gasteiger partial charge in [-0.2, -0.15) is 0 Å². The summed E-state index contributed by atoms with van der Waals surface area (Å²) >= 11 is 0. The maximum absolute atomic E-state index is 12.4. The van der Waals surface area contributed by atoms with E-state index >= 15 is 0 Å². The zero-order chi connectivity index (χ0) is 14.6. The molecule has 0 saturated carbocycles. The maximum atomic E-state index is 12.4. The summed E-state index contributed by atoms with van der Waals surface area (Å²) in [5.41, 5.74) is 6.61. The normalized spacial score (nSPS) is 17.2. The van der Waals surface area contributed by atoms with Gasteiger partial charge in [-0.1, -0.05) is 11.8 Å². The number of amides is 1. The first-order valence-electron chi connectivity index (χ1n) is 6.74. The monoisotopic (exact) mass is 272 g/mol. The summed E-state index contributed by atoms with van der Waals surface area (Å²) in [6.45, 7) is 6.16. The summed E-state index contributed by atoms with van der Waals surface area (Å²) in [6.07, 6.45) is 0. The van der Waals surface area contributed by atoms with Gasteiger partial charge < -0.3 is 15.4 Å². The Labute approximate surface area is 119 Å². The van der Waals surface area contributed by atoms with Crippen LogP contribution >= 0.6 is 0 Å². The number of nitrogens with zero attached hydrogens (tertiary/aromatic N) is 1. The second-order valence-electron chi connectivity index (χ2n) is 5.42. The molecule has 20 heavy (non-hydrogen) atoms. The summed E-state index contributed by atoms with van der Waals surface area (Å²) in [6, 6.07) is 7.32. The summed E-state index contributed by atoms with van der Waals surface area (Å²) < 4.78 is 5.62. The Morgan fingerprint density at radius 2 is 2.10 bits per heavy atom. The van der Waals surface area contributed by atoms with Gasteiger partial charge in [0.1, 0.15) is 0 Å². The molecule has 1 saturated heterocycles. The van der Waals surface area contributed by atoms with Gasteiger partial charge in [0, 0.05) is 24.2 Å². The average Bonchev–Trinajstić information content (AvgIpc) is 2.44. The van der Waals surface area contributed by atoms with Crippen molar-refractivity contribution in [3.8, 4) is 11.8 Å². The van der Waals surface area contributed by atoms with Crippen LogP contribution in [-0.4, -0.2) is 42.6 Å². The van der Waals surface area contributed by atoms with Crippen LogP contribution in [0.1, 0.15) is 29.8 Å². The molecule has 0 atom stereocenters. The molecule has 106 valence electrons. The van der Waals surface area contributed by atoms with E-state index in [0.717, 1.165) is 5.56 Å². The van der Waals surface area contributed by atoms with Gasteiger partial charge in [-0.05, 0) is 38.1 Å². The fourth-order valence-electron chi connectivity index (χ4n) is 2.22. The molecule has 2 rings (SSSR count). The second kappa shape index (κ2) is 6.08. The minimum atomic E-state index is -0.277. The van der Waals surface area contributed by atoms with E-state index in [4.69, 9.17) is 10.5 Å². The zero-order valence-corrected chi connectivity index (χ0v) is 12.0. The summed E-state index contributed by atoms with van der Waals surface area (Å²) in [7, 11) is 0. The smallest absolute Gasteiger partial charge is 0.254 e. The molecule has 0 aliphatic carbocycles. The van der Waals surface area contributed by atoms with Crippen LogP contribution in [0.5, 0.6) is 0 Å². The number of hydrogen-bond acceptors (Lipinski definition) is 3. The molecule has 1 heterocycles. The molecule has 1 amide bonds. The van der Waals surface area contributed by atoms with Gasteiger partial charge in [-0.25, -0.2) is 0 Å². The summed E-state index contributed by atoms with van der Waals surface area (Å²) in [5, 5.41) is 0. The van der Waals surface area contributed by atoms with E-state index in [1.54, 1.807) is 0 Å². The van der Waals surface area contributed by atoms with Crippen LogP contribution in [-0.2, 0) is 4.74 Å². The zero-order valence-electron chi connectivity index (χ0n) is 12.0. The van der Waals surface area contributed by atoms with E-state index in [0.29, 0.717) is 31.8 Å². The first-order valence-corrected chi connectivity index (χ1v) is 6.74. The molecule has 1 aromatic rings. The second-order valence-corrected chi connectivity index (χ2v) is 5.42. The first kappa shape index (κ1) is 14.6. The van der Waals surface area contributed by atoms with E-state index in [9.17, 15) is 4.79 Å². The number of nitrogens with two attached hydrogens (primary N) is 1. The third-order valence-electron chi connectivity index (χ3n) is 3.18. The largest absolute Gasteiger partial charge is 0.372 e. The predicted octanol–water partition coefficient (Wildman–Crippen LogP) is 1.25. The van der Waals surface area contributed by atoms with Gasteiger partial charge in [-0.15, -0.1) is 0 Å². The van der Waals surface area contributed by atoms with Crippen molar-refractivity contribution in [2.45, 2.75) is 19.4 Å². The molecule has 0 spiro atoms. The van der Waals surface area contributed by atoms with Crippen LogP contribution < -0.4 is 5.73 Å². The highest BCUT2D eigenvalue weighted by Gasteiger charge is 2.30. The molecular weight excluding hydrogens is 252 g/mol. The Morgan fingerprint density at radius 3 is 2.70 bits per heavy atom. The lowest BCUT2D eigenvalue weighted by Crippen LogP contribution is -2.50. The highest BCUT2D eigenvalue weighted by molar-refractivity contribution is 5.94. The van der Waals surface area contributed by atoms with Gasteiger partial charge in [-0.3, -0.25) is 4.79 Å². The fraction of sp³-hybridized carbons (Fsp3) is 0.438. The van der Waals surface area contributed by atoms with Crippen LogP contribution in [0.25, 0.3) is 0 Å². The van der Waals surface area contributed by atoms with Crippen molar-refractivity contribution in [1.82, 2.24) is 4.90 Å². The molecule has 4 nitrogen and oxygen atoms in total. The molecule has 4 heteroatoms. The highest BCUT2D eigenvalue weighted by Crippen LogP contribution is 2.18. The molecule has 2 N–H and O–H groups in total. The Morgan fingerprint density at radius 1 is 1.40 bits per heavy atom. The lowest BCUT2D eigenvalue weighted by atomic mass is 10.1. The quantitative estimate of drug-likeness (QED) is 0.783. The third-order valence-corrected chi connectivity index (χ3v) is 3.18. The molecule has 0 unspecified atom stereocenters. The molecule has 1 aliphatic heterocycles. The molecule has 1 fully saturated rings. The summed E-state index contributed by atoms with van der Waals surface area (Å²) in [4.78, 5) is 14.3. The van der Waals surface area contributed by atoms with Crippen LogP contribution in [0.4, 0.5) is 0 Å². The Hall–Kier alpha value is -1.83. The van der Waals surface area contributed by atoms with Crippen LogP contribution in [0, 0.1) is 11.8 Å². The van der Waals surface area contributed by atoms with Gasteiger partial charge in [0.15, 0.2) is 0 Å². The average molecular weight is 272 g/mol. The maximum Gasteiger partial charge on any atom is 0.254 e. The van der Waals surface area contributed by atoms with E-state index in [-0.39, 0.29) is 11.5 Å². The number of rotatable bonds is 1. The fourth-order valence-corrected chi connectivity index (χ4v) is 2.22. The SMILES string of the molecule is CC1(C)CN(C(=O)c2ccc(C#CCN)cc2)CCO1. The number of hydrogen-bond donors (Lipinski definition) is 1. The van der Waals surface area contributed by atoms with Gasteiger partial charge >= 0.3 is 0 Å². The number of benzene rings is 1. The van der Waals surface area contributed by atoms with Crippen molar-refractivity contribution in [2.24, 2.45) is 5.73 Å². The Balaban J connectivity index is 2.09. The number of carbonyl (C=O) groups is 1. The van der Waals surface area contributed by atoms with Gasteiger partial charge in [0.05, 0.1) is 18.8 Å². The third kappa shape index (κ3) is 3.60. The van der Waals surface area contributed by atoms with E-state index in [1.807, 2.05) is 43.0 Å². The van der Waals surface area contributed by atoms with Crippen molar-refractivity contribution >= 4 is 5.91 Å². The number of ether oxygens (including phenoxy) is 1. The van der Waals surface area contributed by atoms with Crippen molar-refractivity contribution in [2.75, 3.05) is 26.2 Å². The lowest BCUT2D eigenvalue weighted by Gasteiger charge is -2.38. The molecule has 0 bridgehead atoms. The molecular formula is C16H20N2O2.